The molecule has 1 aromatic rings. The van der Waals surface area contributed by atoms with Crippen molar-refractivity contribution in [2.24, 2.45) is 5.92 Å². The lowest BCUT2D eigenvalue weighted by atomic mass is 9.98. The van der Waals surface area contributed by atoms with Gasteiger partial charge in [0.05, 0.1) is 10.9 Å². The SMILES string of the molecule is Cc1cc(C2CC(C(=O)O)CN2)cc(Cl)c1O. The van der Waals surface area contributed by atoms with E-state index in [4.69, 9.17) is 16.7 Å². The first kappa shape index (κ1) is 12.2. The first-order valence-electron chi connectivity index (χ1n) is 5.44. The molecule has 1 saturated heterocycles. The Kier molecular flexibility index (Phi) is 3.26. The second-order valence-electron chi connectivity index (χ2n) is 4.40. The van der Waals surface area contributed by atoms with E-state index in [-0.39, 0.29) is 17.7 Å². The monoisotopic (exact) mass is 255 g/mol. The fourth-order valence-electron chi connectivity index (χ4n) is 2.14. The summed E-state index contributed by atoms with van der Waals surface area (Å²) in [5.74, 6) is -1.04. The van der Waals surface area contributed by atoms with Gasteiger partial charge >= 0.3 is 5.97 Å². The maximum atomic E-state index is 10.9. The highest BCUT2D eigenvalue weighted by Crippen LogP contribution is 2.34. The smallest absolute Gasteiger partial charge is 0.307 e. The Bertz CT molecular complexity index is 438. The van der Waals surface area contributed by atoms with Crippen molar-refractivity contribution in [3.63, 3.8) is 0 Å². The fraction of sp³-hybridized carbons (Fsp3) is 0.417. The van der Waals surface area contributed by atoms with Gasteiger partial charge < -0.3 is 15.5 Å². The van der Waals surface area contributed by atoms with Crippen LogP contribution in [0.3, 0.4) is 0 Å². The third-order valence-electron chi connectivity index (χ3n) is 3.16. The van der Waals surface area contributed by atoms with Crippen LogP contribution >= 0.6 is 11.6 Å². The predicted octanol–water partition coefficient (Wildman–Crippen LogP) is 2.09. The van der Waals surface area contributed by atoms with Gasteiger partial charge in [-0.25, -0.2) is 0 Å². The number of nitrogens with one attached hydrogen (secondary N) is 1. The van der Waals surface area contributed by atoms with Crippen LogP contribution in [-0.2, 0) is 4.79 Å². The van der Waals surface area contributed by atoms with Crippen molar-refractivity contribution in [2.45, 2.75) is 19.4 Å². The topological polar surface area (TPSA) is 69.6 Å². The molecular weight excluding hydrogens is 242 g/mol. The lowest BCUT2D eigenvalue weighted by Crippen LogP contribution is -2.17. The number of aliphatic carboxylic acids is 1. The van der Waals surface area contributed by atoms with Crippen molar-refractivity contribution in [2.75, 3.05) is 6.54 Å². The number of aryl methyl sites for hydroxylation is 1. The van der Waals surface area contributed by atoms with Gasteiger partial charge in [0, 0.05) is 12.6 Å². The Hall–Kier alpha value is -1.26. The number of halogens is 1. The van der Waals surface area contributed by atoms with Crippen molar-refractivity contribution in [3.05, 3.63) is 28.3 Å². The number of rotatable bonds is 2. The van der Waals surface area contributed by atoms with Crippen molar-refractivity contribution in [1.82, 2.24) is 5.32 Å². The standard InChI is InChI=1S/C12H14ClNO3/c1-6-2-7(3-9(13)11(6)15)10-4-8(5-14-10)12(16)17/h2-3,8,10,14-15H,4-5H2,1H3,(H,16,17). The molecule has 1 heterocycles. The first-order valence-corrected chi connectivity index (χ1v) is 5.82. The van der Waals surface area contributed by atoms with Crippen LogP contribution in [0.2, 0.25) is 5.02 Å². The number of carboxylic acids is 1. The van der Waals surface area contributed by atoms with Gasteiger partial charge in [-0.15, -0.1) is 0 Å². The van der Waals surface area contributed by atoms with E-state index < -0.39 is 5.97 Å². The molecule has 1 aliphatic rings. The number of aromatic hydroxyl groups is 1. The molecule has 1 aromatic carbocycles. The molecule has 0 aromatic heterocycles. The number of carbonyl (C=O) groups is 1. The number of phenolic OH excluding ortho intramolecular Hbond substituents is 1. The minimum absolute atomic E-state index is 0.00657. The summed E-state index contributed by atoms with van der Waals surface area (Å²) in [6.45, 7) is 2.24. The minimum atomic E-state index is -0.776. The van der Waals surface area contributed by atoms with Crippen LogP contribution < -0.4 is 5.32 Å². The van der Waals surface area contributed by atoms with Crippen LogP contribution in [-0.4, -0.2) is 22.7 Å². The van der Waals surface area contributed by atoms with Crippen LogP contribution in [0, 0.1) is 12.8 Å². The zero-order chi connectivity index (χ0) is 12.6. The summed E-state index contributed by atoms with van der Waals surface area (Å²) in [4.78, 5) is 10.9. The molecular formula is C12H14ClNO3. The van der Waals surface area contributed by atoms with Gasteiger partial charge in [0.1, 0.15) is 5.75 Å². The Balaban J connectivity index is 2.22. The summed E-state index contributed by atoms with van der Waals surface area (Å²) in [5, 5.41) is 22.0. The van der Waals surface area contributed by atoms with Gasteiger partial charge in [-0.05, 0) is 30.5 Å². The third kappa shape index (κ3) is 2.37. The van der Waals surface area contributed by atoms with Crippen molar-refractivity contribution in [1.29, 1.82) is 0 Å². The normalized spacial score (nSPS) is 23.9. The molecule has 0 saturated carbocycles. The maximum Gasteiger partial charge on any atom is 0.307 e. The van der Waals surface area contributed by atoms with Crippen molar-refractivity contribution < 1.29 is 15.0 Å². The van der Waals surface area contributed by atoms with Crippen LogP contribution in [0.5, 0.6) is 5.75 Å². The van der Waals surface area contributed by atoms with Gasteiger partial charge in [-0.3, -0.25) is 4.79 Å². The lowest BCUT2D eigenvalue weighted by molar-refractivity contribution is -0.141. The molecule has 0 bridgehead atoms. The molecule has 1 fully saturated rings. The Labute approximate surface area is 104 Å². The summed E-state index contributed by atoms with van der Waals surface area (Å²) in [7, 11) is 0. The van der Waals surface area contributed by atoms with Crippen LogP contribution in [0.4, 0.5) is 0 Å². The van der Waals surface area contributed by atoms with Crippen LogP contribution in [0.15, 0.2) is 12.1 Å². The van der Waals surface area contributed by atoms with Crippen molar-refractivity contribution >= 4 is 17.6 Å². The van der Waals surface area contributed by atoms with E-state index >= 15 is 0 Å². The molecule has 2 atom stereocenters. The molecule has 3 N–H and O–H groups in total. The minimum Gasteiger partial charge on any atom is -0.506 e. The van der Waals surface area contributed by atoms with Crippen LogP contribution in [0.25, 0.3) is 0 Å². The number of phenols is 1. The third-order valence-corrected chi connectivity index (χ3v) is 3.45. The van der Waals surface area contributed by atoms with E-state index in [1.165, 1.54) is 0 Å². The summed E-state index contributed by atoms with van der Waals surface area (Å²) < 4.78 is 0. The second-order valence-corrected chi connectivity index (χ2v) is 4.81. The predicted molar refractivity (Wildman–Crippen MR) is 64.3 cm³/mol. The zero-order valence-electron chi connectivity index (χ0n) is 9.40. The Morgan fingerprint density at radius 1 is 1.53 bits per heavy atom. The molecule has 2 unspecified atom stereocenters. The molecule has 0 aliphatic carbocycles. The van der Waals surface area contributed by atoms with Gasteiger partial charge in [0.15, 0.2) is 0 Å². The summed E-state index contributed by atoms with van der Waals surface area (Å²) in [6.07, 6.45) is 0.551. The average molecular weight is 256 g/mol. The quantitative estimate of drug-likeness (QED) is 0.757. The molecule has 17 heavy (non-hydrogen) atoms. The lowest BCUT2D eigenvalue weighted by Gasteiger charge is -2.13. The summed E-state index contributed by atoms with van der Waals surface area (Å²) >= 11 is 5.90. The molecule has 5 heteroatoms. The molecule has 0 amide bonds. The van der Waals surface area contributed by atoms with Crippen molar-refractivity contribution in [3.8, 4) is 5.75 Å². The van der Waals surface area contributed by atoms with E-state index in [2.05, 4.69) is 5.32 Å². The highest BCUT2D eigenvalue weighted by molar-refractivity contribution is 6.32. The molecule has 0 spiro atoms. The van der Waals surface area contributed by atoms with Gasteiger partial charge in [0.25, 0.3) is 0 Å². The number of carboxylic acid groups (broad SMARTS) is 1. The van der Waals surface area contributed by atoms with E-state index in [1.807, 2.05) is 6.07 Å². The first-order chi connectivity index (χ1) is 7.99. The highest BCUT2D eigenvalue weighted by Gasteiger charge is 2.30. The largest absolute Gasteiger partial charge is 0.506 e. The maximum absolute atomic E-state index is 10.9. The Morgan fingerprint density at radius 2 is 2.24 bits per heavy atom. The zero-order valence-corrected chi connectivity index (χ0v) is 10.2. The van der Waals surface area contributed by atoms with E-state index in [9.17, 15) is 9.90 Å². The number of benzene rings is 1. The van der Waals surface area contributed by atoms with Crippen LogP contribution in [0.1, 0.15) is 23.6 Å². The van der Waals surface area contributed by atoms with E-state index in [0.717, 1.165) is 5.56 Å². The fourth-order valence-corrected chi connectivity index (χ4v) is 2.42. The molecule has 1 aliphatic heterocycles. The summed E-state index contributed by atoms with van der Waals surface area (Å²) in [5.41, 5.74) is 1.63. The number of hydrogen-bond acceptors (Lipinski definition) is 3. The van der Waals surface area contributed by atoms with E-state index in [0.29, 0.717) is 23.6 Å². The highest BCUT2D eigenvalue weighted by atomic mass is 35.5. The molecule has 4 nitrogen and oxygen atoms in total. The Morgan fingerprint density at radius 3 is 2.76 bits per heavy atom. The summed E-state index contributed by atoms with van der Waals surface area (Å²) in [6, 6.07) is 3.52. The average Bonchev–Trinajstić information content (AvgIpc) is 2.74. The molecule has 0 radical (unpaired) electrons. The second kappa shape index (κ2) is 4.55. The van der Waals surface area contributed by atoms with Gasteiger partial charge in [-0.1, -0.05) is 17.7 Å². The van der Waals surface area contributed by atoms with Gasteiger partial charge in [0.2, 0.25) is 0 Å². The molecule has 2 rings (SSSR count). The van der Waals surface area contributed by atoms with E-state index in [1.54, 1.807) is 13.0 Å². The van der Waals surface area contributed by atoms with Gasteiger partial charge in [-0.2, -0.15) is 0 Å². The number of hydrogen-bond donors (Lipinski definition) is 3. The molecule has 92 valence electrons.